The summed E-state index contributed by atoms with van der Waals surface area (Å²) in [6.45, 7) is 8.80. The Morgan fingerprint density at radius 2 is 1.83 bits per heavy atom. The van der Waals surface area contributed by atoms with E-state index in [1.54, 1.807) is 4.90 Å². The molecule has 1 amide bonds. The first-order valence-corrected chi connectivity index (χ1v) is 4.24. The highest BCUT2D eigenvalue weighted by Gasteiger charge is 2.41. The van der Waals surface area contributed by atoms with Gasteiger partial charge in [-0.25, -0.2) is 0 Å². The minimum Gasteiger partial charge on any atom is -0.381 e. The Morgan fingerprint density at radius 3 is 2.08 bits per heavy atom. The van der Waals surface area contributed by atoms with Gasteiger partial charge in [0.25, 0.3) is 5.91 Å². The van der Waals surface area contributed by atoms with Crippen molar-refractivity contribution in [2.75, 3.05) is 13.1 Å². The summed E-state index contributed by atoms with van der Waals surface area (Å²) < 4.78 is 0. The molecule has 1 aliphatic rings. The van der Waals surface area contributed by atoms with Crippen molar-refractivity contribution in [1.29, 1.82) is 0 Å². The smallest absolute Gasteiger partial charge is 0.253 e. The molecule has 1 fully saturated rings. The lowest BCUT2D eigenvalue weighted by Gasteiger charge is -2.47. The summed E-state index contributed by atoms with van der Waals surface area (Å²) in [5.41, 5.74) is -0.975. The molecule has 70 valence electrons. The summed E-state index contributed by atoms with van der Waals surface area (Å²) in [5.74, 6) is -0.165. The minimum atomic E-state index is -1.21. The number of rotatable bonds is 1. The van der Waals surface area contributed by atoms with Crippen LogP contribution in [0, 0.1) is 5.41 Å². The van der Waals surface area contributed by atoms with Crippen LogP contribution in [0.1, 0.15) is 27.7 Å². The molecule has 1 saturated heterocycles. The number of likely N-dealkylation sites (tertiary alicyclic amines) is 1. The largest absolute Gasteiger partial charge is 0.381 e. The van der Waals surface area contributed by atoms with E-state index in [-0.39, 0.29) is 11.3 Å². The van der Waals surface area contributed by atoms with Crippen molar-refractivity contribution in [1.82, 2.24) is 4.90 Å². The predicted molar refractivity (Wildman–Crippen MR) is 46.7 cm³/mol. The molecule has 1 heterocycles. The molecule has 0 spiro atoms. The standard InChI is InChI=1S/C9H17NO2/c1-8(2)5-10(6-8)7(11)9(3,4)12/h12H,5-6H2,1-4H3. The number of hydrogen-bond donors (Lipinski definition) is 1. The van der Waals surface area contributed by atoms with Crippen molar-refractivity contribution in [3.05, 3.63) is 0 Å². The molecule has 0 atom stereocenters. The monoisotopic (exact) mass is 171 g/mol. The van der Waals surface area contributed by atoms with E-state index >= 15 is 0 Å². The number of carbonyl (C=O) groups excluding carboxylic acids is 1. The third-order valence-corrected chi connectivity index (χ3v) is 2.05. The molecule has 0 saturated carbocycles. The molecule has 3 heteroatoms. The van der Waals surface area contributed by atoms with E-state index in [9.17, 15) is 9.90 Å². The molecule has 0 radical (unpaired) electrons. The van der Waals surface area contributed by atoms with Gasteiger partial charge in [-0.05, 0) is 19.3 Å². The van der Waals surface area contributed by atoms with Crippen molar-refractivity contribution in [3.8, 4) is 0 Å². The van der Waals surface area contributed by atoms with Crippen LogP contribution in [-0.2, 0) is 4.79 Å². The molecule has 0 unspecified atom stereocenters. The van der Waals surface area contributed by atoms with E-state index in [4.69, 9.17) is 0 Å². The Labute approximate surface area is 73.4 Å². The van der Waals surface area contributed by atoms with E-state index in [0.717, 1.165) is 13.1 Å². The Bertz CT molecular complexity index is 195. The predicted octanol–water partition coefficient (Wildman–Crippen LogP) is 0.626. The molecule has 0 aliphatic carbocycles. The highest BCUT2D eigenvalue weighted by Crippen LogP contribution is 2.30. The molecule has 1 rings (SSSR count). The third-order valence-electron chi connectivity index (χ3n) is 2.05. The molecule has 0 aromatic rings. The van der Waals surface area contributed by atoms with Crippen molar-refractivity contribution in [2.45, 2.75) is 33.3 Å². The average molecular weight is 171 g/mol. The molecule has 1 N–H and O–H groups in total. The van der Waals surface area contributed by atoms with Crippen LogP contribution < -0.4 is 0 Å². The second-order valence-corrected chi connectivity index (χ2v) is 4.88. The molecule has 12 heavy (non-hydrogen) atoms. The summed E-state index contributed by atoms with van der Waals surface area (Å²) in [6.07, 6.45) is 0. The number of hydrogen-bond acceptors (Lipinski definition) is 2. The second-order valence-electron chi connectivity index (χ2n) is 4.88. The number of nitrogens with zero attached hydrogens (tertiary/aromatic N) is 1. The second kappa shape index (κ2) is 2.46. The van der Waals surface area contributed by atoms with Gasteiger partial charge in [-0.2, -0.15) is 0 Å². The van der Waals surface area contributed by atoms with Crippen LogP contribution in [0.2, 0.25) is 0 Å². The molecule has 0 aromatic heterocycles. The van der Waals surface area contributed by atoms with Gasteiger partial charge in [0.05, 0.1) is 0 Å². The van der Waals surface area contributed by atoms with Crippen molar-refractivity contribution >= 4 is 5.91 Å². The fraction of sp³-hybridized carbons (Fsp3) is 0.889. The van der Waals surface area contributed by atoms with Crippen LogP contribution in [0.25, 0.3) is 0 Å². The summed E-state index contributed by atoms with van der Waals surface area (Å²) in [4.78, 5) is 13.1. The first kappa shape index (κ1) is 9.52. The quantitative estimate of drug-likeness (QED) is 0.628. The highest BCUT2D eigenvalue weighted by molar-refractivity contribution is 5.84. The van der Waals surface area contributed by atoms with Gasteiger partial charge in [0, 0.05) is 13.1 Å². The van der Waals surface area contributed by atoms with Crippen LogP contribution in [-0.4, -0.2) is 34.6 Å². The van der Waals surface area contributed by atoms with E-state index in [1.807, 2.05) is 0 Å². The van der Waals surface area contributed by atoms with Gasteiger partial charge in [-0.15, -0.1) is 0 Å². The van der Waals surface area contributed by atoms with Crippen LogP contribution >= 0.6 is 0 Å². The Hall–Kier alpha value is -0.570. The first-order valence-electron chi connectivity index (χ1n) is 4.24. The van der Waals surface area contributed by atoms with Gasteiger partial charge < -0.3 is 10.0 Å². The number of aliphatic hydroxyl groups is 1. The normalized spacial score (nSPS) is 21.9. The third kappa shape index (κ3) is 1.78. The van der Waals surface area contributed by atoms with Crippen LogP contribution in [0.3, 0.4) is 0 Å². The lowest BCUT2D eigenvalue weighted by atomic mass is 9.83. The van der Waals surface area contributed by atoms with E-state index in [2.05, 4.69) is 13.8 Å². The highest BCUT2D eigenvalue weighted by atomic mass is 16.3. The van der Waals surface area contributed by atoms with Crippen LogP contribution in [0.15, 0.2) is 0 Å². The van der Waals surface area contributed by atoms with Crippen molar-refractivity contribution in [3.63, 3.8) is 0 Å². The fourth-order valence-electron chi connectivity index (χ4n) is 1.52. The minimum absolute atomic E-state index is 0.165. The maximum absolute atomic E-state index is 11.4. The number of amides is 1. The molecule has 1 aliphatic heterocycles. The molecule has 3 nitrogen and oxygen atoms in total. The Morgan fingerprint density at radius 1 is 1.42 bits per heavy atom. The van der Waals surface area contributed by atoms with Gasteiger partial charge >= 0.3 is 0 Å². The maximum atomic E-state index is 11.4. The van der Waals surface area contributed by atoms with Gasteiger partial charge in [0.2, 0.25) is 0 Å². The zero-order chi connectivity index (χ0) is 9.57. The van der Waals surface area contributed by atoms with Crippen LogP contribution in [0.5, 0.6) is 0 Å². The number of carbonyl (C=O) groups is 1. The van der Waals surface area contributed by atoms with Gasteiger partial charge in [0.15, 0.2) is 0 Å². The topological polar surface area (TPSA) is 40.5 Å². The van der Waals surface area contributed by atoms with Crippen LogP contribution in [0.4, 0.5) is 0 Å². The maximum Gasteiger partial charge on any atom is 0.253 e. The lowest BCUT2D eigenvalue weighted by Crippen LogP contribution is -2.60. The zero-order valence-electron chi connectivity index (χ0n) is 8.22. The van der Waals surface area contributed by atoms with E-state index < -0.39 is 5.60 Å². The summed E-state index contributed by atoms with van der Waals surface area (Å²) in [7, 11) is 0. The first-order chi connectivity index (χ1) is 5.22. The van der Waals surface area contributed by atoms with Crippen molar-refractivity contribution < 1.29 is 9.90 Å². The lowest BCUT2D eigenvalue weighted by molar-refractivity contribution is -0.158. The Kier molecular flexibility index (Phi) is 1.95. The molecule has 0 bridgehead atoms. The molecule has 0 aromatic carbocycles. The molecular formula is C9H17NO2. The summed E-state index contributed by atoms with van der Waals surface area (Å²) in [6, 6.07) is 0. The van der Waals surface area contributed by atoms with Crippen molar-refractivity contribution in [2.24, 2.45) is 5.41 Å². The molecular weight excluding hydrogens is 154 g/mol. The fourth-order valence-corrected chi connectivity index (χ4v) is 1.52. The van der Waals surface area contributed by atoms with E-state index in [0.29, 0.717) is 0 Å². The SMILES string of the molecule is CC1(C)CN(C(=O)C(C)(C)O)C1. The van der Waals surface area contributed by atoms with Gasteiger partial charge in [0.1, 0.15) is 5.60 Å². The average Bonchev–Trinajstić information content (AvgIpc) is 1.78. The summed E-state index contributed by atoms with van der Waals surface area (Å²) >= 11 is 0. The zero-order valence-corrected chi connectivity index (χ0v) is 8.22. The summed E-state index contributed by atoms with van der Waals surface area (Å²) in [5, 5.41) is 9.40. The Balaban J connectivity index is 2.50. The van der Waals surface area contributed by atoms with Gasteiger partial charge in [-0.1, -0.05) is 13.8 Å². The van der Waals surface area contributed by atoms with Gasteiger partial charge in [-0.3, -0.25) is 4.79 Å². The van der Waals surface area contributed by atoms with E-state index in [1.165, 1.54) is 13.8 Å².